The lowest BCUT2D eigenvalue weighted by atomic mass is 10.3. The van der Waals surface area contributed by atoms with Gasteiger partial charge in [0.25, 0.3) is 0 Å². The molecule has 2 aromatic rings. The van der Waals surface area contributed by atoms with Crippen LogP contribution in [0.15, 0.2) is 24.7 Å². The van der Waals surface area contributed by atoms with Crippen LogP contribution in [0, 0.1) is 0 Å². The Hall–Kier alpha value is -1.55. The average Bonchev–Trinajstić information content (AvgIpc) is 2.70. The van der Waals surface area contributed by atoms with E-state index in [9.17, 15) is 0 Å². The van der Waals surface area contributed by atoms with Gasteiger partial charge in [0.1, 0.15) is 5.82 Å². The zero-order valence-electron chi connectivity index (χ0n) is 7.25. The minimum atomic E-state index is 0.625. The summed E-state index contributed by atoms with van der Waals surface area (Å²) in [5.41, 5.74) is 7.58. The van der Waals surface area contributed by atoms with Gasteiger partial charge in [0.05, 0.1) is 11.9 Å². The Bertz CT molecular complexity index is 361. The maximum absolute atomic E-state index is 5.42. The predicted molar refractivity (Wildman–Crippen MR) is 51.1 cm³/mol. The van der Waals surface area contributed by atoms with Crippen LogP contribution in [0.4, 0.5) is 0 Å². The molecule has 0 spiro atoms. The predicted octanol–water partition coefficient (Wildman–Crippen LogP) is 0.906. The van der Waals surface area contributed by atoms with Crippen molar-refractivity contribution in [2.75, 3.05) is 6.54 Å². The van der Waals surface area contributed by atoms with E-state index in [4.69, 9.17) is 5.73 Å². The van der Waals surface area contributed by atoms with Gasteiger partial charge in [-0.25, -0.2) is 4.98 Å². The first kappa shape index (κ1) is 8.07. The first-order valence-corrected chi connectivity index (χ1v) is 4.27. The fourth-order valence-corrected chi connectivity index (χ4v) is 1.26. The molecule has 4 heteroatoms. The zero-order valence-corrected chi connectivity index (χ0v) is 7.25. The summed E-state index contributed by atoms with van der Waals surface area (Å²) in [5.74, 6) is 0.943. The molecule has 2 heterocycles. The minimum Gasteiger partial charge on any atom is -0.367 e. The number of H-pyrrole nitrogens is 2. The van der Waals surface area contributed by atoms with E-state index in [1.807, 2.05) is 24.7 Å². The number of aromatic nitrogens is 3. The van der Waals surface area contributed by atoms with Crippen molar-refractivity contribution in [3.8, 4) is 11.3 Å². The van der Waals surface area contributed by atoms with Gasteiger partial charge in [-0.15, -0.1) is 0 Å². The Labute approximate surface area is 76.2 Å². The monoisotopic (exact) mass is 176 g/mol. The van der Waals surface area contributed by atoms with E-state index < -0.39 is 0 Å². The number of hydrogen-bond acceptors (Lipinski definition) is 2. The van der Waals surface area contributed by atoms with E-state index in [1.165, 1.54) is 0 Å². The van der Waals surface area contributed by atoms with E-state index in [0.29, 0.717) is 6.54 Å². The second-order valence-electron chi connectivity index (χ2n) is 2.88. The number of nitrogens with two attached hydrogens (primary N) is 1. The standard InChI is InChI=1S/C9H12N4/c10-3-1-9-12-6-8(13-9)7-2-4-11-5-7/h2,4-6,11H,1,3,10H2,(H,12,13). The molecule has 0 aliphatic rings. The van der Waals surface area contributed by atoms with E-state index in [0.717, 1.165) is 23.5 Å². The molecule has 4 nitrogen and oxygen atoms in total. The summed E-state index contributed by atoms with van der Waals surface area (Å²) in [6.07, 6.45) is 6.44. The molecule has 0 radical (unpaired) electrons. The number of imidazole rings is 1. The van der Waals surface area contributed by atoms with Gasteiger partial charge < -0.3 is 15.7 Å². The van der Waals surface area contributed by atoms with Crippen LogP contribution in [0.25, 0.3) is 11.3 Å². The fourth-order valence-electron chi connectivity index (χ4n) is 1.26. The lowest BCUT2D eigenvalue weighted by Crippen LogP contribution is -2.03. The van der Waals surface area contributed by atoms with Gasteiger partial charge in [-0.1, -0.05) is 0 Å². The highest BCUT2D eigenvalue weighted by Crippen LogP contribution is 2.15. The third kappa shape index (κ3) is 1.62. The molecule has 0 saturated carbocycles. The molecule has 0 fully saturated rings. The fraction of sp³-hybridized carbons (Fsp3) is 0.222. The minimum absolute atomic E-state index is 0.625. The third-order valence-corrected chi connectivity index (χ3v) is 1.92. The summed E-state index contributed by atoms with van der Waals surface area (Å²) >= 11 is 0. The maximum atomic E-state index is 5.42. The van der Waals surface area contributed by atoms with Crippen molar-refractivity contribution in [1.29, 1.82) is 0 Å². The van der Waals surface area contributed by atoms with Crippen LogP contribution in [0.2, 0.25) is 0 Å². The largest absolute Gasteiger partial charge is 0.367 e. The molecule has 0 amide bonds. The van der Waals surface area contributed by atoms with E-state index >= 15 is 0 Å². The Morgan fingerprint density at radius 2 is 2.38 bits per heavy atom. The van der Waals surface area contributed by atoms with E-state index in [1.54, 1.807) is 0 Å². The van der Waals surface area contributed by atoms with Crippen molar-refractivity contribution >= 4 is 0 Å². The first-order valence-electron chi connectivity index (χ1n) is 4.27. The van der Waals surface area contributed by atoms with Crippen molar-refractivity contribution in [3.05, 3.63) is 30.5 Å². The molecule has 0 aromatic carbocycles. The van der Waals surface area contributed by atoms with Gasteiger partial charge in [-0.3, -0.25) is 0 Å². The van der Waals surface area contributed by atoms with Crippen LogP contribution in [-0.2, 0) is 6.42 Å². The number of hydrogen-bond donors (Lipinski definition) is 3. The summed E-state index contributed by atoms with van der Waals surface area (Å²) in [6, 6.07) is 2.00. The topological polar surface area (TPSA) is 70.5 Å². The van der Waals surface area contributed by atoms with Crippen molar-refractivity contribution < 1.29 is 0 Å². The maximum Gasteiger partial charge on any atom is 0.107 e. The van der Waals surface area contributed by atoms with E-state index in [2.05, 4.69) is 15.0 Å². The highest BCUT2D eigenvalue weighted by molar-refractivity contribution is 5.57. The second-order valence-corrected chi connectivity index (χ2v) is 2.88. The molecule has 2 aromatic heterocycles. The molecule has 0 atom stereocenters. The molecule has 68 valence electrons. The zero-order chi connectivity index (χ0) is 9.10. The number of rotatable bonds is 3. The van der Waals surface area contributed by atoms with E-state index in [-0.39, 0.29) is 0 Å². The first-order chi connectivity index (χ1) is 6.40. The number of aromatic amines is 2. The summed E-state index contributed by atoms with van der Waals surface area (Å²) in [4.78, 5) is 10.4. The highest BCUT2D eigenvalue weighted by atomic mass is 14.9. The molecule has 0 bridgehead atoms. The molecule has 0 saturated heterocycles. The Morgan fingerprint density at radius 1 is 1.46 bits per heavy atom. The van der Waals surface area contributed by atoms with Crippen molar-refractivity contribution in [2.24, 2.45) is 5.73 Å². The summed E-state index contributed by atoms with van der Waals surface area (Å²) in [6.45, 7) is 0.625. The molecular weight excluding hydrogens is 164 g/mol. The van der Waals surface area contributed by atoms with Crippen LogP contribution in [0.3, 0.4) is 0 Å². The van der Waals surface area contributed by atoms with Crippen molar-refractivity contribution in [2.45, 2.75) is 6.42 Å². The van der Waals surface area contributed by atoms with Crippen LogP contribution >= 0.6 is 0 Å². The molecule has 0 aliphatic heterocycles. The normalized spacial score (nSPS) is 10.5. The smallest absolute Gasteiger partial charge is 0.107 e. The van der Waals surface area contributed by atoms with Gasteiger partial charge >= 0.3 is 0 Å². The van der Waals surface area contributed by atoms with Crippen LogP contribution in [0.1, 0.15) is 5.82 Å². The Morgan fingerprint density at radius 3 is 3.08 bits per heavy atom. The van der Waals surface area contributed by atoms with Crippen molar-refractivity contribution in [3.63, 3.8) is 0 Å². The third-order valence-electron chi connectivity index (χ3n) is 1.92. The molecule has 0 unspecified atom stereocenters. The quantitative estimate of drug-likeness (QED) is 0.650. The van der Waals surface area contributed by atoms with Crippen LogP contribution in [0.5, 0.6) is 0 Å². The molecule has 0 aliphatic carbocycles. The Balaban J connectivity index is 2.23. The molecular formula is C9H12N4. The van der Waals surface area contributed by atoms with Gasteiger partial charge in [0.2, 0.25) is 0 Å². The lowest BCUT2D eigenvalue weighted by molar-refractivity contribution is 0.895. The van der Waals surface area contributed by atoms with Crippen LogP contribution < -0.4 is 5.73 Å². The molecule has 4 N–H and O–H groups in total. The SMILES string of the molecule is NCCc1ncc(-c2cc[nH]c2)[nH]1. The second kappa shape index (κ2) is 3.45. The summed E-state index contributed by atoms with van der Waals surface area (Å²) < 4.78 is 0. The summed E-state index contributed by atoms with van der Waals surface area (Å²) in [5, 5.41) is 0. The number of nitrogens with zero attached hydrogens (tertiary/aromatic N) is 1. The van der Waals surface area contributed by atoms with Gasteiger partial charge in [0, 0.05) is 24.4 Å². The van der Waals surface area contributed by atoms with Gasteiger partial charge in [-0.2, -0.15) is 0 Å². The Kier molecular flexibility index (Phi) is 2.14. The van der Waals surface area contributed by atoms with Gasteiger partial charge in [-0.05, 0) is 12.6 Å². The number of nitrogens with one attached hydrogen (secondary N) is 2. The van der Waals surface area contributed by atoms with Crippen molar-refractivity contribution in [1.82, 2.24) is 15.0 Å². The highest BCUT2D eigenvalue weighted by Gasteiger charge is 2.01. The molecule has 13 heavy (non-hydrogen) atoms. The van der Waals surface area contributed by atoms with Gasteiger partial charge in [0.15, 0.2) is 0 Å². The summed E-state index contributed by atoms with van der Waals surface area (Å²) in [7, 11) is 0. The van der Waals surface area contributed by atoms with Crippen LogP contribution in [-0.4, -0.2) is 21.5 Å². The molecule has 2 rings (SSSR count). The average molecular weight is 176 g/mol. The lowest BCUT2D eigenvalue weighted by Gasteiger charge is -1.91.